The van der Waals surface area contributed by atoms with E-state index in [9.17, 15) is 4.39 Å². The van der Waals surface area contributed by atoms with E-state index in [1.54, 1.807) is 43.3 Å². The summed E-state index contributed by atoms with van der Waals surface area (Å²) in [7, 11) is 0. The number of benzene rings is 1. The molecule has 1 aromatic carbocycles. The molecular weight excluding hydrogens is 269 g/mol. The van der Waals surface area contributed by atoms with Crippen molar-refractivity contribution in [3.63, 3.8) is 0 Å². The van der Waals surface area contributed by atoms with Crippen molar-refractivity contribution in [2.24, 2.45) is 0 Å². The molecule has 2 aromatic heterocycles. The number of aryl methyl sites for hydroxylation is 1. The number of nitrogens with one attached hydrogen (secondary N) is 1. The molecule has 0 unspecified atom stereocenters. The summed E-state index contributed by atoms with van der Waals surface area (Å²) in [6.07, 6.45) is 0. The Bertz CT molecular complexity index is 830. The van der Waals surface area contributed by atoms with Crippen LogP contribution in [0.15, 0.2) is 36.4 Å². The summed E-state index contributed by atoms with van der Waals surface area (Å²) in [5.41, 5.74) is 3.30. The standard InChI is InChI=1S/C15H10FN5/c1-9-2-7-12(15(16)18-9)10-3-5-11(6-4-10)14-13(8-17)19-21-20-14/h2-7H,1H3,(H,19,20,21). The van der Waals surface area contributed by atoms with Crippen molar-refractivity contribution in [2.75, 3.05) is 0 Å². The molecule has 0 atom stereocenters. The molecule has 0 spiro atoms. The van der Waals surface area contributed by atoms with Gasteiger partial charge in [-0.25, -0.2) is 10.1 Å². The van der Waals surface area contributed by atoms with Gasteiger partial charge < -0.3 is 0 Å². The highest BCUT2D eigenvalue weighted by atomic mass is 19.1. The maximum atomic E-state index is 13.8. The second-order valence-electron chi connectivity index (χ2n) is 4.52. The van der Waals surface area contributed by atoms with Crippen LogP contribution in [0.25, 0.3) is 22.4 Å². The molecule has 2 heterocycles. The van der Waals surface area contributed by atoms with Crippen LogP contribution < -0.4 is 0 Å². The van der Waals surface area contributed by atoms with E-state index in [1.165, 1.54) is 0 Å². The van der Waals surface area contributed by atoms with Gasteiger partial charge in [0.1, 0.15) is 11.8 Å². The van der Waals surface area contributed by atoms with Crippen LogP contribution in [0.2, 0.25) is 0 Å². The lowest BCUT2D eigenvalue weighted by Crippen LogP contribution is -1.91. The van der Waals surface area contributed by atoms with Crippen LogP contribution >= 0.6 is 0 Å². The topological polar surface area (TPSA) is 78.2 Å². The van der Waals surface area contributed by atoms with Gasteiger partial charge in [-0.3, -0.25) is 0 Å². The zero-order valence-electron chi connectivity index (χ0n) is 11.1. The van der Waals surface area contributed by atoms with Crippen molar-refractivity contribution in [2.45, 2.75) is 6.92 Å². The molecule has 0 saturated carbocycles. The third-order valence-corrected chi connectivity index (χ3v) is 3.12. The number of nitriles is 1. The second-order valence-corrected chi connectivity index (χ2v) is 4.52. The fraction of sp³-hybridized carbons (Fsp3) is 0.0667. The minimum Gasteiger partial charge on any atom is -0.247 e. The number of halogens is 1. The van der Waals surface area contributed by atoms with Gasteiger partial charge in [0.05, 0.1) is 0 Å². The van der Waals surface area contributed by atoms with Crippen molar-refractivity contribution in [1.82, 2.24) is 20.4 Å². The first-order chi connectivity index (χ1) is 10.2. The molecule has 0 aliphatic carbocycles. The highest BCUT2D eigenvalue weighted by Crippen LogP contribution is 2.26. The highest BCUT2D eigenvalue weighted by molar-refractivity contribution is 5.70. The van der Waals surface area contributed by atoms with Crippen molar-refractivity contribution in [3.05, 3.63) is 53.7 Å². The Morgan fingerprint density at radius 1 is 1.10 bits per heavy atom. The van der Waals surface area contributed by atoms with Gasteiger partial charge in [-0.1, -0.05) is 29.5 Å². The first-order valence-corrected chi connectivity index (χ1v) is 6.24. The van der Waals surface area contributed by atoms with Gasteiger partial charge in [-0.15, -0.1) is 5.10 Å². The van der Waals surface area contributed by atoms with Crippen LogP contribution in [0.5, 0.6) is 0 Å². The van der Waals surface area contributed by atoms with Crippen molar-refractivity contribution < 1.29 is 4.39 Å². The van der Waals surface area contributed by atoms with Gasteiger partial charge in [0.15, 0.2) is 5.69 Å². The van der Waals surface area contributed by atoms with Crippen molar-refractivity contribution >= 4 is 0 Å². The van der Waals surface area contributed by atoms with Gasteiger partial charge in [0.25, 0.3) is 0 Å². The minimum atomic E-state index is -0.498. The molecule has 21 heavy (non-hydrogen) atoms. The number of pyridine rings is 1. The third-order valence-electron chi connectivity index (χ3n) is 3.12. The van der Waals surface area contributed by atoms with E-state index >= 15 is 0 Å². The predicted octanol–water partition coefficient (Wildman–Crippen LogP) is 2.85. The Labute approximate surface area is 120 Å². The van der Waals surface area contributed by atoms with E-state index in [-0.39, 0.29) is 0 Å². The van der Waals surface area contributed by atoms with Crippen LogP contribution in [-0.2, 0) is 0 Å². The van der Waals surface area contributed by atoms with Gasteiger partial charge in [0.2, 0.25) is 5.95 Å². The molecule has 6 heteroatoms. The number of aromatic amines is 1. The lowest BCUT2D eigenvalue weighted by molar-refractivity contribution is 0.584. The fourth-order valence-electron chi connectivity index (χ4n) is 2.06. The van der Waals surface area contributed by atoms with Gasteiger partial charge in [-0.2, -0.15) is 9.65 Å². The van der Waals surface area contributed by atoms with Crippen LogP contribution in [0.4, 0.5) is 4.39 Å². The third kappa shape index (κ3) is 2.37. The molecule has 3 rings (SSSR count). The van der Waals surface area contributed by atoms with E-state index in [0.29, 0.717) is 28.2 Å². The zero-order chi connectivity index (χ0) is 14.8. The summed E-state index contributed by atoms with van der Waals surface area (Å²) >= 11 is 0. The monoisotopic (exact) mass is 279 g/mol. The summed E-state index contributed by atoms with van der Waals surface area (Å²) in [4.78, 5) is 3.81. The number of hydrogen-bond donors (Lipinski definition) is 1. The normalized spacial score (nSPS) is 10.3. The Balaban J connectivity index is 2.00. The lowest BCUT2D eigenvalue weighted by Gasteiger charge is -2.04. The van der Waals surface area contributed by atoms with E-state index in [4.69, 9.17) is 5.26 Å². The molecule has 0 bridgehead atoms. The van der Waals surface area contributed by atoms with E-state index in [2.05, 4.69) is 20.4 Å². The molecule has 0 amide bonds. The lowest BCUT2D eigenvalue weighted by atomic mass is 10.0. The van der Waals surface area contributed by atoms with Crippen molar-refractivity contribution in [1.29, 1.82) is 5.26 Å². The molecule has 102 valence electrons. The van der Waals surface area contributed by atoms with E-state index < -0.39 is 5.95 Å². The SMILES string of the molecule is Cc1ccc(-c2ccc(-c3nn[nH]c3C#N)cc2)c(F)n1. The zero-order valence-corrected chi connectivity index (χ0v) is 11.1. The number of nitrogens with zero attached hydrogens (tertiary/aromatic N) is 4. The number of aromatic nitrogens is 4. The first kappa shape index (κ1) is 12.9. The molecule has 3 aromatic rings. The smallest absolute Gasteiger partial charge is 0.220 e. The maximum Gasteiger partial charge on any atom is 0.220 e. The van der Waals surface area contributed by atoms with E-state index in [1.807, 2.05) is 6.07 Å². The largest absolute Gasteiger partial charge is 0.247 e. The maximum absolute atomic E-state index is 13.8. The van der Waals surface area contributed by atoms with Crippen LogP contribution in [0.1, 0.15) is 11.4 Å². The van der Waals surface area contributed by atoms with Crippen molar-refractivity contribution in [3.8, 4) is 28.5 Å². The average molecular weight is 279 g/mol. The minimum absolute atomic E-state index is 0.297. The van der Waals surface area contributed by atoms with Crippen LogP contribution in [0.3, 0.4) is 0 Å². The summed E-state index contributed by atoms with van der Waals surface area (Å²) < 4.78 is 13.8. The molecule has 0 radical (unpaired) electrons. The number of rotatable bonds is 2. The fourth-order valence-corrected chi connectivity index (χ4v) is 2.06. The van der Waals surface area contributed by atoms with E-state index in [0.717, 1.165) is 5.56 Å². The predicted molar refractivity (Wildman–Crippen MR) is 74.5 cm³/mol. The van der Waals surface area contributed by atoms with Gasteiger partial charge >= 0.3 is 0 Å². The number of hydrogen-bond acceptors (Lipinski definition) is 4. The second kappa shape index (κ2) is 5.13. The number of H-pyrrole nitrogens is 1. The highest BCUT2D eigenvalue weighted by Gasteiger charge is 2.11. The van der Waals surface area contributed by atoms with Crippen LogP contribution in [0, 0.1) is 24.2 Å². The van der Waals surface area contributed by atoms with Crippen LogP contribution in [-0.4, -0.2) is 20.4 Å². The molecule has 0 fully saturated rings. The summed E-state index contributed by atoms with van der Waals surface area (Å²) in [5.74, 6) is -0.498. The molecule has 1 N–H and O–H groups in total. The quantitative estimate of drug-likeness (QED) is 0.731. The molecule has 5 nitrogen and oxygen atoms in total. The molecule has 0 aliphatic rings. The Kier molecular flexibility index (Phi) is 3.16. The Hall–Kier alpha value is -3.07. The average Bonchev–Trinajstić information content (AvgIpc) is 2.96. The molecule has 0 saturated heterocycles. The van der Waals surface area contributed by atoms with Gasteiger partial charge in [-0.05, 0) is 24.6 Å². The Morgan fingerprint density at radius 2 is 1.81 bits per heavy atom. The summed E-state index contributed by atoms with van der Waals surface area (Å²) in [6.45, 7) is 1.74. The molecular formula is C15H10FN5. The van der Waals surface area contributed by atoms with Gasteiger partial charge in [0, 0.05) is 16.8 Å². The molecule has 0 aliphatic heterocycles. The first-order valence-electron chi connectivity index (χ1n) is 6.24. The summed E-state index contributed by atoms with van der Waals surface area (Å²) in [6, 6.07) is 12.5. The Morgan fingerprint density at radius 3 is 2.48 bits per heavy atom. The summed E-state index contributed by atoms with van der Waals surface area (Å²) in [5, 5.41) is 18.9.